The highest BCUT2D eigenvalue weighted by molar-refractivity contribution is 9.10. The highest BCUT2D eigenvalue weighted by atomic mass is 79.9. The van der Waals surface area contributed by atoms with E-state index >= 15 is 0 Å². The molecule has 18 heavy (non-hydrogen) atoms. The smallest absolute Gasteiger partial charge is 0.284 e. The molecule has 1 fully saturated rings. The van der Waals surface area contributed by atoms with Gasteiger partial charge < -0.3 is 0 Å². The Morgan fingerprint density at radius 3 is 2.56 bits per heavy atom. The molecule has 1 heterocycles. The Morgan fingerprint density at radius 1 is 1.28 bits per heavy atom. The summed E-state index contributed by atoms with van der Waals surface area (Å²) in [7, 11) is 1.96. The monoisotopic (exact) mass is 306 g/mol. The van der Waals surface area contributed by atoms with E-state index in [9.17, 15) is 4.79 Å². The van der Waals surface area contributed by atoms with Gasteiger partial charge in [0.05, 0.1) is 11.4 Å². The molecule has 0 saturated heterocycles. The molecule has 0 aliphatic heterocycles. The first-order valence-corrected chi connectivity index (χ1v) is 6.94. The molecular weight excluding hydrogens is 292 g/mol. The molecule has 1 aromatic heterocycles. The van der Waals surface area contributed by atoms with Gasteiger partial charge in [0.15, 0.2) is 0 Å². The highest BCUT2D eigenvalue weighted by Gasteiger charge is 2.31. The molecule has 0 amide bonds. The normalized spacial score (nSPS) is 15.1. The average Bonchev–Trinajstić information content (AvgIpc) is 3.13. The lowest BCUT2D eigenvalue weighted by Crippen LogP contribution is -2.20. The van der Waals surface area contributed by atoms with Crippen molar-refractivity contribution in [3.8, 4) is 5.69 Å². The number of nitrogens with zero attached hydrogens (tertiary/aromatic N) is 2. The SMILES string of the molecule is Cc1ccccc1-n1c(=O)c(Br)c(C2CC2)n1C. The molecule has 0 unspecified atom stereocenters. The van der Waals surface area contributed by atoms with Gasteiger partial charge in [-0.3, -0.25) is 9.48 Å². The second-order valence-electron chi connectivity index (χ2n) is 4.90. The summed E-state index contributed by atoms with van der Waals surface area (Å²) in [5.41, 5.74) is 3.23. The number of benzene rings is 1. The van der Waals surface area contributed by atoms with E-state index in [1.165, 1.54) is 12.8 Å². The van der Waals surface area contributed by atoms with Crippen LogP contribution in [0.1, 0.15) is 30.0 Å². The molecule has 94 valence electrons. The van der Waals surface area contributed by atoms with Crippen LogP contribution >= 0.6 is 15.9 Å². The van der Waals surface area contributed by atoms with Crippen molar-refractivity contribution in [3.63, 3.8) is 0 Å². The minimum Gasteiger partial charge on any atom is -0.284 e. The summed E-state index contributed by atoms with van der Waals surface area (Å²) in [5, 5.41) is 0. The van der Waals surface area contributed by atoms with Gasteiger partial charge in [0.25, 0.3) is 5.56 Å². The van der Waals surface area contributed by atoms with Crippen molar-refractivity contribution in [1.82, 2.24) is 9.36 Å². The molecule has 1 aliphatic rings. The lowest BCUT2D eigenvalue weighted by atomic mass is 10.2. The predicted molar refractivity (Wildman–Crippen MR) is 75.4 cm³/mol. The van der Waals surface area contributed by atoms with Gasteiger partial charge in [-0.2, -0.15) is 0 Å². The van der Waals surface area contributed by atoms with Gasteiger partial charge in [0.2, 0.25) is 0 Å². The van der Waals surface area contributed by atoms with Crippen molar-refractivity contribution in [1.29, 1.82) is 0 Å². The lowest BCUT2D eigenvalue weighted by molar-refractivity contribution is 0.614. The Kier molecular flexibility index (Phi) is 2.70. The molecule has 2 aromatic rings. The molecule has 3 rings (SSSR count). The molecule has 0 spiro atoms. The summed E-state index contributed by atoms with van der Waals surface area (Å²) >= 11 is 3.46. The van der Waals surface area contributed by atoms with E-state index in [0.29, 0.717) is 5.92 Å². The molecule has 0 bridgehead atoms. The average molecular weight is 307 g/mol. The lowest BCUT2D eigenvalue weighted by Gasteiger charge is -2.11. The molecule has 4 heteroatoms. The third kappa shape index (κ3) is 1.67. The molecule has 1 aliphatic carbocycles. The Hall–Kier alpha value is -1.29. The molecule has 3 nitrogen and oxygen atoms in total. The standard InChI is InChI=1S/C14H15BrN2O/c1-9-5-3-4-6-11(9)17-14(18)12(15)13(16(17)2)10-7-8-10/h3-6,10H,7-8H2,1-2H3. The maximum absolute atomic E-state index is 12.4. The quantitative estimate of drug-likeness (QED) is 0.837. The molecule has 1 aromatic carbocycles. The zero-order chi connectivity index (χ0) is 12.9. The van der Waals surface area contributed by atoms with Crippen LogP contribution in [0.15, 0.2) is 33.5 Å². The fraction of sp³-hybridized carbons (Fsp3) is 0.357. The third-order valence-corrected chi connectivity index (χ3v) is 4.31. The van der Waals surface area contributed by atoms with Crippen LogP contribution in [-0.2, 0) is 7.05 Å². The van der Waals surface area contributed by atoms with Gasteiger partial charge in [-0.25, -0.2) is 4.68 Å². The van der Waals surface area contributed by atoms with E-state index < -0.39 is 0 Å². The number of para-hydroxylation sites is 1. The number of aromatic nitrogens is 2. The van der Waals surface area contributed by atoms with Crippen LogP contribution in [0.5, 0.6) is 0 Å². The zero-order valence-electron chi connectivity index (χ0n) is 10.5. The van der Waals surface area contributed by atoms with Gasteiger partial charge in [-0.1, -0.05) is 18.2 Å². The topological polar surface area (TPSA) is 26.9 Å². The van der Waals surface area contributed by atoms with Gasteiger partial charge >= 0.3 is 0 Å². The van der Waals surface area contributed by atoms with E-state index in [0.717, 1.165) is 21.4 Å². The molecular formula is C14H15BrN2O. The number of rotatable bonds is 2. The van der Waals surface area contributed by atoms with Gasteiger partial charge in [0.1, 0.15) is 4.47 Å². The summed E-state index contributed by atoms with van der Waals surface area (Å²) in [6, 6.07) is 7.97. The minimum atomic E-state index is 0.0358. The fourth-order valence-corrected chi connectivity index (χ4v) is 3.21. The Balaban J connectivity index is 2.28. The summed E-state index contributed by atoms with van der Waals surface area (Å²) in [5.74, 6) is 0.544. The van der Waals surface area contributed by atoms with E-state index in [4.69, 9.17) is 0 Å². The molecule has 0 atom stereocenters. The molecule has 1 saturated carbocycles. The van der Waals surface area contributed by atoms with Crippen LogP contribution in [0.3, 0.4) is 0 Å². The number of halogens is 1. The van der Waals surface area contributed by atoms with E-state index in [1.807, 2.05) is 42.9 Å². The van der Waals surface area contributed by atoms with Gasteiger partial charge in [-0.15, -0.1) is 0 Å². The van der Waals surface area contributed by atoms with Crippen molar-refractivity contribution in [3.05, 3.63) is 50.3 Å². The van der Waals surface area contributed by atoms with Crippen LogP contribution in [0.2, 0.25) is 0 Å². The first-order chi connectivity index (χ1) is 8.61. The predicted octanol–water partition coefficient (Wildman–Crippen LogP) is 3.12. The van der Waals surface area contributed by atoms with Crippen molar-refractivity contribution < 1.29 is 0 Å². The van der Waals surface area contributed by atoms with Gasteiger partial charge in [-0.05, 0) is 47.3 Å². The largest absolute Gasteiger partial charge is 0.286 e. The van der Waals surface area contributed by atoms with Crippen LogP contribution < -0.4 is 5.56 Å². The Bertz CT molecular complexity index is 665. The Labute approximate surface area is 114 Å². The van der Waals surface area contributed by atoms with Crippen molar-refractivity contribution in [2.45, 2.75) is 25.7 Å². The maximum atomic E-state index is 12.4. The third-order valence-electron chi connectivity index (χ3n) is 3.56. The van der Waals surface area contributed by atoms with Crippen molar-refractivity contribution >= 4 is 15.9 Å². The first-order valence-electron chi connectivity index (χ1n) is 6.14. The first kappa shape index (κ1) is 11.8. The number of hydrogen-bond acceptors (Lipinski definition) is 1. The molecule has 0 N–H and O–H groups in total. The highest BCUT2D eigenvalue weighted by Crippen LogP contribution is 2.42. The second-order valence-corrected chi connectivity index (χ2v) is 5.69. The summed E-state index contributed by atoms with van der Waals surface area (Å²) in [6.45, 7) is 2.03. The van der Waals surface area contributed by atoms with Crippen molar-refractivity contribution in [2.24, 2.45) is 7.05 Å². The number of hydrogen-bond donors (Lipinski definition) is 0. The second kappa shape index (κ2) is 4.12. The maximum Gasteiger partial charge on any atom is 0.286 e. The van der Waals surface area contributed by atoms with Crippen LogP contribution in [0, 0.1) is 6.92 Å². The zero-order valence-corrected chi connectivity index (χ0v) is 12.1. The Morgan fingerprint density at radius 2 is 1.94 bits per heavy atom. The molecule has 0 radical (unpaired) electrons. The van der Waals surface area contributed by atoms with E-state index in [2.05, 4.69) is 15.9 Å². The van der Waals surface area contributed by atoms with Crippen molar-refractivity contribution in [2.75, 3.05) is 0 Å². The van der Waals surface area contributed by atoms with Crippen LogP contribution in [0.4, 0.5) is 0 Å². The number of aryl methyl sites for hydroxylation is 1. The van der Waals surface area contributed by atoms with E-state index in [-0.39, 0.29) is 5.56 Å². The van der Waals surface area contributed by atoms with Gasteiger partial charge in [0, 0.05) is 13.0 Å². The summed E-state index contributed by atoms with van der Waals surface area (Å²) < 4.78 is 4.47. The van der Waals surface area contributed by atoms with E-state index in [1.54, 1.807) is 4.68 Å². The van der Waals surface area contributed by atoms with Crippen LogP contribution in [-0.4, -0.2) is 9.36 Å². The summed E-state index contributed by atoms with van der Waals surface area (Å²) in [6.07, 6.45) is 2.37. The minimum absolute atomic E-state index is 0.0358. The summed E-state index contributed by atoms with van der Waals surface area (Å²) in [4.78, 5) is 12.4. The fourth-order valence-electron chi connectivity index (χ4n) is 2.46. The van der Waals surface area contributed by atoms with Crippen LogP contribution in [0.25, 0.3) is 5.69 Å².